The molecule has 156 valence electrons. The van der Waals surface area contributed by atoms with E-state index in [2.05, 4.69) is 5.32 Å². The lowest BCUT2D eigenvalue weighted by atomic mass is 10.0. The summed E-state index contributed by atoms with van der Waals surface area (Å²) in [5, 5.41) is 11.9. The quantitative estimate of drug-likeness (QED) is 0.520. The van der Waals surface area contributed by atoms with E-state index < -0.39 is 18.1 Å². The third-order valence-corrected chi connectivity index (χ3v) is 4.57. The van der Waals surface area contributed by atoms with Crippen LogP contribution in [0.1, 0.15) is 11.1 Å². The first kappa shape index (κ1) is 22.8. The average molecular weight is 439 g/mol. The standard InChI is InChI=1S/C21H24Cl2N2O4/c22-9-11-25(12-10-23)18-8-4-7-17(13-18)14-19(20(26)27)24-21(28)29-15-16-5-2-1-3-6-16/h1-8,13,19H,9-12,14-15H2,(H,24,28)(H,26,27). The molecule has 0 aromatic heterocycles. The summed E-state index contributed by atoms with van der Waals surface area (Å²) >= 11 is 11.7. The number of nitrogens with one attached hydrogen (secondary N) is 1. The minimum atomic E-state index is -1.13. The predicted octanol–water partition coefficient (Wildman–Crippen LogP) is 3.89. The summed E-state index contributed by atoms with van der Waals surface area (Å²) in [5.74, 6) is -0.230. The Morgan fingerprint density at radius 1 is 1.00 bits per heavy atom. The number of alkyl halides is 2. The highest BCUT2D eigenvalue weighted by atomic mass is 35.5. The number of carbonyl (C=O) groups excluding carboxylic acids is 1. The lowest BCUT2D eigenvalue weighted by molar-refractivity contribution is -0.139. The highest BCUT2D eigenvalue weighted by molar-refractivity contribution is 6.18. The normalized spacial score (nSPS) is 11.5. The molecule has 0 bridgehead atoms. The van der Waals surface area contributed by atoms with Crippen LogP contribution in [0.25, 0.3) is 0 Å². The summed E-state index contributed by atoms with van der Waals surface area (Å²) in [5.41, 5.74) is 2.49. The number of aliphatic carboxylic acids is 1. The first-order valence-corrected chi connectivity index (χ1v) is 10.3. The molecule has 29 heavy (non-hydrogen) atoms. The molecule has 1 amide bonds. The van der Waals surface area contributed by atoms with Crippen LogP contribution in [0.2, 0.25) is 0 Å². The minimum Gasteiger partial charge on any atom is -0.480 e. The van der Waals surface area contributed by atoms with Gasteiger partial charge in [0.15, 0.2) is 0 Å². The van der Waals surface area contributed by atoms with Crippen LogP contribution < -0.4 is 10.2 Å². The van der Waals surface area contributed by atoms with Crippen LogP contribution in [0.3, 0.4) is 0 Å². The van der Waals surface area contributed by atoms with Crippen molar-refractivity contribution in [2.24, 2.45) is 0 Å². The number of ether oxygens (including phenoxy) is 1. The van der Waals surface area contributed by atoms with Gasteiger partial charge in [-0.3, -0.25) is 0 Å². The van der Waals surface area contributed by atoms with E-state index >= 15 is 0 Å². The van der Waals surface area contributed by atoms with Gasteiger partial charge in [-0.2, -0.15) is 0 Å². The molecule has 0 saturated carbocycles. The van der Waals surface area contributed by atoms with Gasteiger partial charge >= 0.3 is 12.1 Å². The number of amides is 1. The van der Waals surface area contributed by atoms with Gasteiger partial charge in [0, 0.05) is 37.0 Å². The van der Waals surface area contributed by atoms with Crippen molar-refractivity contribution in [2.45, 2.75) is 19.1 Å². The third kappa shape index (κ3) is 7.83. The molecule has 2 N–H and O–H groups in total. The Kier molecular flexibility index (Phi) is 9.60. The molecule has 0 spiro atoms. The molecule has 0 fully saturated rings. The van der Waals surface area contributed by atoms with Gasteiger partial charge in [0.1, 0.15) is 12.6 Å². The van der Waals surface area contributed by atoms with E-state index in [4.69, 9.17) is 27.9 Å². The zero-order valence-electron chi connectivity index (χ0n) is 15.9. The molecule has 0 heterocycles. The molecular formula is C21H24Cl2N2O4. The number of carboxylic acid groups (broad SMARTS) is 1. The van der Waals surface area contributed by atoms with E-state index in [0.717, 1.165) is 16.8 Å². The van der Waals surface area contributed by atoms with Crippen LogP contribution in [-0.2, 0) is 22.6 Å². The minimum absolute atomic E-state index is 0.0698. The SMILES string of the molecule is O=C(NC(Cc1cccc(N(CCCl)CCCl)c1)C(=O)O)OCc1ccccc1. The maximum absolute atomic E-state index is 12.0. The number of benzene rings is 2. The van der Waals surface area contributed by atoms with Gasteiger partial charge in [-0.15, -0.1) is 23.2 Å². The van der Waals surface area contributed by atoms with Crippen molar-refractivity contribution in [1.29, 1.82) is 0 Å². The molecule has 2 aromatic rings. The lowest BCUT2D eigenvalue weighted by Gasteiger charge is -2.24. The molecule has 1 unspecified atom stereocenters. The van der Waals surface area contributed by atoms with Crippen molar-refractivity contribution in [3.8, 4) is 0 Å². The van der Waals surface area contributed by atoms with Crippen LogP contribution in [0.15, 0.2) is 54.6 Å². The van der Waals surface area contributed by atoms with Gasteiger partial charge in [0.25, 0.3) is 0 Å². The molecule has 2 aromatic carbocycles. The van der Waals surface area contributed by atoms with E-state index in [1.165, 1.54) is 0 Å². The van der Waals surface area contributed by atoms with E-state index in [9.17, 15) is 14.7 Å². The van der Waals surface area contributed by atoms with Crippen molar-refractivity contribution < 1.29 is 19.4 Å². The van der Waals surface area contributed by atoms with E-state index in [0.29, 0.717) is 24.8 Å². The summed E-state index contributed by atoms with van der Waals surface area (Å²) in [6, 6.07) is 15.5. The molecule has 0 radical (unpaired) electrons. The van der Waals surface area contributed by atoms with E-state index in [-0.39, 0.29) is 13.0 Å². The summed E-state index contributed by atoms with van der Waals surface area (Å²) in [6.45, 7) is 1.33. The number of hydrogen-bond donors (Lipinski definition) is 2. The summed E-state index contributed by atoms with van der Waals surface area (Å²) in [4.78, 5) is 25.7. The third-order valence-electron chi connectivity index (χ3n) is 4.23. The van der Waals surface area contributed by atoms with Crippen LogP contribution in [-0.4, -0.2) is 48.1 Å². The predicted molar refractivity (Wildman–Crippen MR) is 115 cm³/mol. The van der Waals surface area contributed by atoms with Gasteiger partial charge in [-0.1, -0.05) is 42.5 Å². The average Bonchev–Trinajstić information content (AvgIpc) is 2.72. The molecule has 0 aliphatic rings. The topological polar surface area (TPSA) is 78.9 Å². The molecule has 0 aliphatic heterocycles. The van der Waals surface area contributed by atoms with Crippen molar-refractivity contribution in [1.82, 2.24) is 5.32 Å². The molecule has 1 atom stereocenters. The second-order valence-corrected chi connectivity index (χ2v) is 7.09. The van der Waals surface area contributed by atoms with Gasteiger partial charge in [-0.25, -0.2) is 9.59 Å². The fraction of sp³-hybridized carbons (Fsp3) is 0.333. The summed E-state index contributed by atoms with van der Waals surface area (Å²) in [6.07, 6.45) is -0.651. The van der Waals surface area contributed by atoms with Gasteiger partial charge in [0.05, 0.1) is 0 Å². The van der Waals surface area contributed by atoms with Crippen LogP contribution in [0.5, 0.6) is 0 Å². The fourth-order valence-electron chi connectivity index (χ4n) is 2.80. The Hall–Kier alpha value is -2.44. The Balaban J connectivity index is 1.99. The second-order valence-electron chi connectivity index (χ2n) is 6.34. The Bertz CT molecular complexity index is 783. The summed E-state index contributed by atoms with van der Waals surface area (Å²) < 4.78 is 5.12. The maximum atomic E-state index is 12.0. The molecule has 0 aliphatic carbocycles. The Labute approximate surface area is 180 Å². The summed E-state index contributed by atoms with van der Waals surface area (Å²) in [7, 11) is 0. The largest absolute Gasteiger partial charge is 0.480 e. The molecule has 2 rings (SSSR count). The number of anilines is 1. The van der Waals surface area contributed by atoms with Gasteiger partial charge < -0.3 is 20.1 Å². The van der Waals surface area contributed by atoms with Crippen molar-refractivity contribution in [3.05, 3.63) is 65.7 Å². The van der Waals surface area contributed by atoms with E-state index in [1.807, 2.05) is 59.5 Å². The number of alkyl carbamates (subject to hydrolysis) is 1. The number of carboxylic acids is 1. The van der Waals surface area contributed by atoms with Crippen molar-refractivity contribution in [2.75, 3.05) is 29.7 Å². The number of halogens is 2. The first-order valence-electron chi connectivity index (χ1n) is 9.19. The smallest absolute Gasteiger partial charge is 0.408 e. The fourth-order valence-corrected chi connectivity index (χ4v) is 3.21. The Morgan fingerprint density at radius 3 is 2.28 bits per heavy atom. The monoisotopic (exact) mass is 438 g/mol. The molecular weight excluding hydrogens is 415 g/mol. The maximum Gasteiger partial charge on any atom is 0.408 e. The van der Waals surface area contributed by atoms with Crippen molar-refractivity contribution in [3.63, 3.8) is 0 Å². The van der Waals surface area contributed by atoms with Crippen LogP contribution in [0.4, 0.5) is 10.5 Å². The molecule has 6 nitrogen and oxygen atoms in total. The lowest BCUT2D eigenvalue weighted by Crippen LogP contribution is -2.42. The number of rotatable bonds is 11. The van der Waals surface area contributed by atoms with Crippen LogP contribution in [0, 0.1) is 0 Å². The van der Waals surface area contributed by atoms with E-state index in [1.54, 1.807) is 0 Å². The molecule has 8 heteroatoms. The molecule has 0 saturated heterocycles. The Morgan fingerprint density at radius 2 is 1.66 bits per heavy atom. The zero-order valence-corrected chi connectivity index (χ0v) is 17.4. The van der Waals surface area contributed by atoms with Gasteiger partial charge in [-0.05, 0) is 23.3 Å². The van der Waals surface area contributed by atoms with Crippen molar-refractivity contribution >= 4 is 41.0 Å². The van der Waals surface area contributed by atoms with Gasteiger partial charge in [0.2, 0.25) is 0 Å². The highest BCUT2D eigenvalue weighted by Gasteiger charge is 2.21. The van der Waals surface area contributed by atoms with Crippen LogP contribution >= 0.6 is 23.2 Å². The number of nitrogens with zero attached hydrogens (tertiary/aromatic N) is 1. The second kappa shape index (κ2) is 12.2. The first-order chi connectivity index (χ1) is 14.0. The zero-order chi connectivity index (χ0) is 21.1. The highest BCUT2D eigenvalue weighted by Crippen LogP contribution is 2.18. The number of carbonyl (C=O) groups is 2. The number of hydrogen-bond acceptors (Lipinski definition) is 4.